The van der Waals surface area contributed by atoms with Gasteiger partial charge in [-0.3, -0.25) is 9.59 Å². The van der Waals surface area contributed by atoms with Crippen molar-refractivity contribution >= 4 is 11.9 Å². The molecule has 1 amide bonds. The number of amides is 1. The highest BCUT2D eigenvalue weighted by Crippen LogP contribution is 2.19. The molecular formula is C72H139NO5. The number of aliphatic hydroxyl groups excluding tert-OH is 2. The number of rotatable bonds is 67. The predicted molar refractivity (Wildman–Crippen MR) is 343 cm³/mol. The summed E-state index contributed by atoms with van der Waals surface area (Å²) >= 11 is 0. The highest BCUT2D eigenvalue weighted by molar-refractivity contribution is 5.76. The third kappa shape index (κ3) is 63.5. The van der Waals surface area contributed by atoms with Crippen LogP contribution in [0.4, 0.5) is 0 Å². The predicted octanol–water partition coefficient (Wildman–Crippen LogP) is 22.9. The van der Waals surface area contributed by atoms with E-state index in [-0.39, 0.29) is 18.5 Å². The molecule has 462 valence electrons. The fraction of sp³-hybridized carbons (Fsp3) is 0.917. The Morgan fingerprint density at radius 3 is 0.910 bits per heavy atom. The number of aliphatic hydroxyl groups is 2. The lowest BCUT2D eigenvalue weighted by molar-refractivity contribution is -0.143. The molecule has 6 heteroatoms. The van der Waals surface area contributed by atoms with E-state index in [1.54, 1.807) is 0 Å². The van der Waals surface area contributed by atoms with Crippen LogP contribution in [0, 0.1) is 0 Å². The normalized spacial score (nSPS) is 12.6. The van der Waals surface area contributed by atoms with Gasteiger partial charge in [0.2, 0.25) is 5.91 Å². The summed E-state index contributed by atoms with van der Waals surface area (Å²) < 4.78 is 5.50. The van der Waals surface area contributed by atoms with E-state index in [0.717, 1.165) is 44.9 Å². The standard InChI is InChI=1S/C72H139NO5/c1-3-5-7-9-11-13-15-17-19-21-23-29-32-36-40-44-48-52-56-60-64-70(75)69(68-74)73-71(76)65-61-57-53-49-45-41-37-33-30-27-25-24-26-28-31-35-39-43-47-51-55-59-63-67-78-72(77)66-62-58-54-50-46-42-38-34-22-20-18-16-14-12-10-8-6-4-2/h20,22,27,30,69-70,74-75H,3-19,21,23-26,28-29,31-68H2,1-2H3,(H,73,76)/b22-20-,30-27-. The summed E-state index contributed by atoms with van der Waals surface area (Å²) in [5, 5.41) is 23.4. The second-order valence-corrected chi connectivity index (χ2v) is 24.6. The van der Waals surface area contributed by atoms with Crippen molar-refractivity contribution in [1.82, 2.24) is 5.32 Å². The van der Waals surface area contributed by atoms with Crippen LogP contribution in [0.3, 0.4) is 0 Å². The van der Waals surface area contributed by atoms with Crippen molar-refractivity contribution in [3.8, 4) is 0 Å². The van der Waals surface area contributed by atoms with Crippen molar-refractivity contribution < 1.29 is 24.5 Å². The van der Waals surface area contributed by atoms with E-state index in [2.05, 4.69) is 43.5 Å². The van der Waals surface area contributed by atoms with Gasteiger partial charge in [0.1, 0.15) is 0 Å². The fourth-order valence-corrected chi connectivity index (χ4v) is 11.3. The van der Waals surface area contributed by atoms with Crippen LogP contribution >= 0.6 is 0 Å². The molecule has 0 radical (unpaired) electrons. The number of nitrogens with one attached hydrogen (secondary N) is 1. The Morgan fingerprint density at radius 2 is 0.603 bits per heavy atom. The number of carbonyl (C=O) groups excluding carboxylic acids is 2. The molecule has 0 spiro atoms. The van der Waals surface area contributed by atoms with Crippen LogP contribution in [0.15, 0.2) is 24.3 Å². The van der Waals surface area contributed by atoms with Crippen LogP contribution in [0.25, 0.3) is 0 Å². The van der Waals surface area contributed by atoms with Gasteiger partial charge in [0, 0.05) is 12.8 Å². The van der Waals surface area contributed by atoms with Crippen LogP contribution in [0.5, 0.6) is 0 Å². The Morgan fingerprint density at radius 1 is 0.346 bits per heavy atom. The van der Waals surface area contributed by atoms with E-state index in [9.17, 15) is 19.8 Å². The Balaban J connectivity index is 3.40. The summed E-state index contributed by atoms with van der Waals surface area (Å²) in [6, 6.07) is -0.547. The lowest BCUT2D eigenvalue weighted by Gasteiger charge is -2.22. The molecule has 3 N–H and O–H groups in total. The summed E-state index contributed by atoms with van der Waals surface area (Å²) in [5.41, 5.74) is 0. The first kappa shape index (κ1) is 76.3. The smallest absolute Gasteiger partial charge is 0.305 e. The van der Waals surface area contributed by atoms with Crippen LogP contribution in [-0.2, 0) is 14.3 Å². The number of esters is 1. The molecule has 2 atom stereocenters. The maximum atomic E-state index is 12.5. The van der Waals surface area contributed by atoms with Gasteiger partial charge in [0.15, 0.2) is 0 Å². The van der Waals surface area contributed by atoms with Crippen molar-refractivity contribution in [2.45, 2.75) is 411 Å². The van der Waals surface area contributed by atoms with E-state index in [4.69, 9.17) is 4.74 Å². The van der Waals surface area contributed by atoms with Crippen LogP contribution in [-0.4, -0.2) is 47.4 Å². The average molecular weight is 1100 g/mol. The van der Waals surface area contributed by atoms with Gasteiger partial charge in [-0.2, -0.15) is 0 Å². The topological polar surface area (TPSA) is 95.9 Å². The van der Waals surface area contributed by atoms with Crippen molar-refractivity contribution in [3.05, 3.63) is 24.3 Å². The number of carbonyl (C=O) groups is 2. The monoisotopic (exact) mass is 1100 g/mol. The van der Waals surface area contributed by atoms with Gasteiger partial charge < -0.3 is 20.3 Å². The van der Waals surface area contributed by atoms with E-state index < -0.39 is 12.1 Å². The summed E-state index contributed by atoms with van der Waals surface area (Å²) in [4.78, 5) is 24.6. The number of ether oxygens (including phenoxy) is 1. The SMILES string of the molecule is CCCCCCCCC/C=C\CCCCCCCCCC(=O)OCCCCCCCCCCCCCC/C=C\CCCCCCCCCC(=O)NC(CO)C(O)CCCCCCCCCCCCCCCCCCCCCC. The van der Waals surface area contributed by atoms with Gasteiger partial charge in [0.25, 0.3) is 0 Å². The Labute approximate surface area is 488 Å². The molecule has 0 bridgehead atoms. The summed E-state index contributed by atoms with van der Waals surface area (Å²) in [5.74, 6) is -0.0277. The minimum atomic E-state index is -0.669. The molecule has 6 nitrogen and oxygen atoms in total. The second-order valence-electron chi connectivity index (χ2n) is 24.6. The van der Waals surface area contributed by atoms with E-state index in [1.165, 1.54) is 321 Å². The summed E-state index contributed by atoms with van der Waals surface area (Å²) in [6.07, 6.45) is 85.0. The van der Waals surface area contributed by atoms with Crippen LogP contribution in [0.2, 0.25) is 0 Å². The first-order valence-electron chi connectivity index (χ1n) is 35.6. The third-order valence-corrected chi connectivity index (χ3v) is 16.7. The zero-order valence-corrected chi connectivity index (χ0v) is 52.9. The molecule has 2 unspecified atom stereocenters. The molecule has 0 aliphatic carbocycles. The van der Waals surface area contributed by atoms with Crippen molar-refractivity contribution in [1.29, 1.82) is 0 Å². The van der Waals surface area contributed by atoms with E-state index >= 15 is 0 Å². The van der Waals surface area contributed by atoms with E-state index in [0.29, 0.717) is 25.9 Å². The maximum absolute atomic E-state index is 12.5. The largest absolute Gasteiger partial charge is 0.466 e. The summed E-state index contributed by atoms with van der Waals surface area (Å²) in [6.45, 7) is 4.98. The number of hydrogen-bond donors (Lipinski definition) is 3. The highest BCUT2D eigenvalue weighted by atomic mass is 16.5. The molecule has 0 aromatic carbocycles. The molecule has 0 fully saturated rings. The number of hydrogen-bond acceptors (Lipinski definition) is 5. The van der Waals surface area contributed by atoms with Gasteiger partial charge in [-0.15, -0.1) is 0 Å². The quantitative estimate of drug-likeness (QED) is 0.0320. The molecule has 78 heavy (non-hydrogen) atoms. The maximum Gasteiger partial charge on any atom is 0.305 e. The molecule has 0 rings (SSSR count). The average Bonchev–Trinajstić information content (AvgIpc) is 3.44. The minimum absolute atomic E-state index is 0.00958. The van der Waals surface area contributed by atoms with Crippen molar-refractivity contribution in [3.63, 3.8) is 0 Å². The molecule has 0 aliphatic heterocycles. The zero-order valence-electron chi connectivity index (χ0n) is 52.9. The van der Waals surface area contributed by atoms with Crippen LogP contribution < -0.4 is 5.32 Å². The minimum Gasteiger partial charge on any atom is -0.466 e. The van der Waals surface area contributed by atoms with Gasteiger partial charge in [-0.05, 0) is 77.0 Å². The molecule has 0 saturated heterocycles. The number of unbranched alkanes of at least 4 members (excludes halogenated alkanes) is 52. The molecule has 0 aliphatic rings. The van der Waals surface area contributed by atoms with Crippen LogP contribution in [0.1, 0.15) is 399 Å². The first-order chi connectivity index (χ1) is 38.5. The lowest BCUT2D eigenvalue weighted by Crippen LogP contribution is -2.45. The molecule has 0 aromatic rings. The first-order valence-corrected chi connectivity index (χ1v) is 35.6. The molecule has 0 saturated carbocycles. The van der Waals surface area contributed by atoms with Gasteiger partial charge >= 0.3 is 5.97 Å². The second kappa shape index (κ2) is 67.8. The highest BCUT2D eigenvalue weighted by Gasteiger charge is 2.20. The zero-order chi connectivity index (χ0) is 56.4. The van der Waals surface area contributed by atoms with Gasteiger partial charge in [0.05, 0.1) is 25.4 Å². The Kier molecular flexibility index (Phi) is 66.4. The third-order valence-electron chi connectivity index (χ3n) is 16.7. The fourth-order valence-electron chi connectivity index (χ4n) is 11.3. The Bertz CT molecular complexity index is 1220. The van der Waals surface area contributed by atoms with Gasteiger partial charge in [-0.1, -0.05) is 334 Å². The molecular weight excluding hydrogens is 959 g/mol. The van der Waals surface area contributed by atoms with Crippen molar-refractivity contribution in [2.75, 3.05) is 13.2 Å². The van der Waals surface area contributed by atoms with E-state index in [1.807, 2.05) is 0 Å². The molecule has 0 aromatic heterocycles. The lowest BCUT2D eigenvalue weighted by atomic mass is 10.0. The Hall–Kier alpha value is -1.66. The van der Waals surface area contributed by atoms with Gasteiger partial charge in [-0.25, -0.2) is 0 Å². The number of allylic oxidation sites excluding steroid dienone is 4. The van der Waals surface area contributed by atoms with Crippen molar-refractivity contribution in [2.24, 2.45) is 0 Å². The summed E-state index contributed by atoms with van der Waals surface area (Å²) in [7, 11) is 0. The molecule has 0 heterocycles.